The first-order valence-corrected chi connectivity index (χ1v) is 10.0. The van der Waals surface area contributed by atoms with Gasteiger partial charge in [0.1, 0.15) is 10.8 Å². The minimum Gasteiger partial charge on any atom is -0.469 e. The van der Waals surface area contributed by atoms with E-state index in [1.807, 2.05) is 13.8 Å². The van der Waals surface area contributed by atoms with Crippen LogP contribution < -0.4 is 5.32 Å². The highest BCUT2D eigenvalue weighted by Crippen LogP contribution is 2.35. The Morgan fingerprint density at radius 3 is 2.36 bits per heavy atom. The Kier molecular flexibility index (Phi) is 7.01. The maximum atomic E-state index is 12.9. The number of esters is 1. The average Bonchev–Trinajstić information content (AvgIpc) is 3.18. The number of hydrogen-bond acceptors (Lipinski definition) is 6. The Hall–Kier alpha value is -2.61. The minimum absolute atomic E-state index is 0.175. The molecule has 7 nitrogen and oxygen atoms in total. The van der Waals surface area contributed by atoms with Crippen LogP contribution in [0.3, 0.4) is 0 Å². The molecular formula is C20H26N2O5S. The monoisotopic (exact) mass is 406 g/mol. The lowest BCUT2D eigenvalue weighted by atomic mass is 10.1. The lowest BCUT2D eigenvalue weighted by Crippen LogP contribution is -2.30. The summed E-state index contributed by atoms with van der Waals surface area (Å²) in [5.41, 5.74) is 1.08. The normalized spacial score (nSPS) is 10.8. The van der Waals surface area contributed by atoms with E-state index in [0.717, 1.165) is 11.3 Å². The van der Waals surface area contributed by atoms with Crippen LogP contribution in [0.1, 0.15) is 69.4 Å². The molecule has 0 saturated heterocycles. The third-order valence-electron chi connectivity index (χ3n) is 4.27. The van der Waals surface area contributed by atoms with Gasteiger partial charge in [-0.25, -0.2) is 4.79 Å². The van der Waals surface area contributed by atoms with Gasteiger partial charge in [-0.2, -0.15) is 0 Å². The topological polar surface area (TPSA) is 88.9 Å². The van der Waals surface area contributed by atoms with Gasteiger partial charge in [-0.15, -0.1) is 11.3 Å². The van der Waals surface area contributed by atoms with E-state index in [1.54, 1.807) is 38.7 Å². The van der Waals surface area contributed by atoms with Gasteiger partial charge in [0, 0.05) is 13.1 Å². The van der Waals surface area contributed by atoms with Gasteiger partial charge in [0.25, 0.3) is 11.8 Å². The van der Waals surface area contributed by atoms with E-state index in [4.69, 9.17) is 9.15 Å². The van der Waals surface area contributed by atoms with Crippen LogP contribution in [0.15, 0.2) is 16.7 Å². The molecule has 0 radical (unpaired) electrons. The second-order valence-corrected chi connectivity index (χ2v) is 7.56. The molecule has 0 aliphatic heterocycles. The van der Waals surface area contributed by atoms with Crippen molar-refractivity contribution < 1.29 is 23.5 Å². The van der Waals surface area contributed by atoms with Gasteiger partial charge in [0.2, 0.25) is 0 Å². The minimum atomic E-state index is -0.568. The zero-order valence-electron chi connectivity index (χ0n) is 17.0. The summed E-state index contributed by atoms with van der Waals surface area (Å²) >= 11 is 1.09. The first-order valence-electron chi connectivity index (χ1n) is 9.20. The van der Waals surface area contributed by atoms with Gasteiger partial charge in [-0.3, -0.25) is 9.59 Å². The number of thiophene rings is 1. The summed E-state index contributed by atoms with van der Waals surface area (Å²) in [6, 6.07) is 1.55. The molecule has 0 unspecified atom stereocenters. The van der Waals surface area contributed by atoms with Gasteiger partial charge in [-0.1, -0.05) is 0 Å². The fourth-order valence-electron chi connectivity index (χ4n) is 2.77. The van der Waals surface area contributed by atoms with Crippen LogP contribution >= 0.6 is 11.3 Å². The third-order valence-corrected chi connectivity index (χ3v) is 5.46. The van der Waals surface area contributed by atoms with Crippen LogP contribution in [0.2, 0.25) is 0 Å². The number of rotatable bonds is 7. The Balaban J connectivity index is 2.48. The highest BCUT2D eigenvalue weighted by Gasteiger charge is 2.29. The number of nitrogens with one attached hydrogen (secondary N) is 1. The molecule has 152 valence electrons. The number of anilines is 1. The second kappa shape index (κ2) is 9.05. The predicted octanol–water partition coefficient (Wildman–Crippen LogP) is 4.26. The van der Waals surface area contributed by atoms with Crippen LogP contribution in [0.5, 0.6) is 0 Å². The molecule has 0 saturated carbocycles. The molecule has 0 fully saturated rings. The second-order valence-electron chi connectivity index (χ2n) is 6.54. The molecule has 2 heterocycles. The molecule has 0 bridgehead atoms. The van der Waals surface area contributed by atoms with Crippen molar-refractivity contribution in [3.05, 3.63) is 39.7 Å². The molecular weight excluding hydrogens is 380 g/mol. The summed E-state index contributed by atoms with van der Waals surface area (Å²) in [6.07, 6.45) is 1.10. The molecule has 0 aliphatic rings. The van der Waals surface area contributed by atoms with E-state index in [1.165, 1.54) is 6.26 Å². The van der Waals surface area contributed by atoms with Gasteiger partial charge >= 0.3 is 5.97 Å². The maximum Gasteiger partial charge on any atom is 0.341 e. The molecule has 0 aromatic carbocycles. The van der Waals surface area contributed by atoms with Crippen molar-refractivity contribution >= 4 is 34.1 Å². The first-order chi connectivity index (χ1) is 13.2. The average molecular weight is 407 g/mol. The summed E-state index contributed by atoms with van der Waals surface area (Å²) in [6.45, 7) is 11.7. The van der Waals surface area contributed by atoms with Crippen LogP contribution in [0.4, 0.5) is 5.00 Å². The standard InChI is InChI=1S/C20H26N2O5S/c1-7-22(8-2)19(24)16-12(5)15(20(25)27-11(3)4)18(28-16)21-17(23)14-9-10-26-13(14)6/h9-11H,7-8H2,1-6H3,(H,21,23). The Bertz CT molecular complexity index is 877. The SMILES string of the molecule is CCN(CC)C(=O)c1sc(NC(=O)c2ccoc2C)c(C(=O)OC(C)C)c1C. The van der Waals surface area contributed by atoms with Crippen LogP contribution in [0.25, 0.3) is 0 Å². The van der Waals surface area contributed by atoms with Gasteiger partial charge < -0.3 is 19.4 Å². The number of ether oxygens (including phenoxy) is 1. The summed E-state index contributed by atoms with van der Waals surface area (Å²) in [7, 11) is 0. The molecule has 0 spiro atoms. The van der Waals surface area contributed by atoms with E-state index in [0.29, 0.717) is 39.9 Å². The number of carbonyl (C=O) groups excluding carboxylic acids is 3. The Morgan fingerprint density at radius 2 is 1.86 bits per heavy atom. The number of aryl methyl sites for hydroxylation is 1. The van der Waals surface area contributed by atoms with E-state index in [9.17, 15) is 14.4 Å². The number of nitrogens with zero attached hydrogens (tertiary/aromatic N) is 1. The fourth-order valence-corrected chi connectivity index (χ4v) is 3.93. The summed E-state index contributed by atoms with van der Waals surface area (Å²) in [5.74, 6) is -0.683. The van der Waals surface area contributed by atoms with Crippen LogP contribution in [0, 0.1) is 13.8 Å². The Labute approximate surface area is 168 Å². The lowest BCUT2D eigenvalue weighted by molar-refractivity contribution is 0.0379. The maximum absolute atomic E-state index is 12.9. The van der Waals surface area contributed by atoms with Gasteiger partial charge in [0.15, 0.2) is 0 Å². The predicted molar refractivity (Wildman–Crippen MR) is 108 cm³/mol. The number of amides is 2. The summed E-state index contributed by atoms with van der Waals surface area (Å²) in [5, 5.41) is 3.04. The number of hydrogen-bond donors (Lipinski definition) is 1. The lowest BCUT2D eigenvalue weighted by Gasteiger charge is -2.18. The van der Waals surface area contributed by atoms with Crippen molar-refractivity contribution in [2.75, 3.05) is 18.4 Å². The first kappa shape index (κ1) is 21.7. The Morgan fingerprint density at radius 1 is 1.21 bits per heavy atom. The van der Waals surface area contributed by atoms with E-state index >= 15 is 0 Å². The molecule has 2 aromatic rings. The van der Waals surface area contributed by atoms with Gasteiger partial charge in [0.05, 0.1) is 28.4 Å². The highest BCUT2D eigenvalue weighted by atomic mass is 32.1. The van der Waals surface area contributed by atoms with Crippen molar-refractivity contribution in [3.63, 3.8) is 0 Å². The summed E-state index contributed by atoms with van der Waals surface area (Å²) in [4.78, 5) is 40.2. The van der Waals surface area contributed by atoms with Crippen molar-refractivity contribution in [1.29, 1.82) is 0 Å². The van der Waals surface area contributed by atoms with Crippen molar-refractivity contribution in [1.82, 2.24) is 4.90 Å². The molecule has 2 aromatic heterocycles. The molecule has 8 heteroatoms. The quantitative estimate of drug-likeness (QED) is 0.694. The molecule has 1 N–H and O–H groups in total. The molecule has 0 aliphatic carbocycles. The van der Waals surface area contributed by atoms with Crippen molar-refractivity contribution in [2.45, 2.75) is 47.6 Å². The molecule has 2 rings (SSSR count). The van der Waals surface area contributed by atoms with Crippen LogP contribution in [-0.2, 0) is 4.74 Å². The fraction of sp³-hybridized carbons (Fsp3) is 0.450. The summed E-state index contributed by atoms with van der Waals surface area (Å²) < 4.78 is 10.5. The largest absolute Gasteiger partial charge is 0.469 e. The van der Waals surface area contributed by atoms with Crippen LogP contribution in [-0.4, -0.2) is 41.9 Å². The van der Waals surface area contributed by atoms with E-state index in [-0.39, 0.29) is 17.6 Å². The zero-order chi connectivity index (χ0) is 21.0. The molecule has 28 heavy (non-hydrogen) atoms. The number of furan rings is 1. The molecule has 0 atom stereocenters. The molecule has 2 amide bonds. The van der Waals surface area contributed by atoms with Crippen molar-refractivity contribution in [3.8, 4) is 0 Å². The van der Waals surface area contributed by atoms with E-state index in [2.05, 4.69) is 5.32 Å². The third kappa shape index (κ3) is 4.44. The van der Waals surface area contributed by atoms with Gasteiger partial charge in [-0.05, 0) is 53.2 Å². The smallest absolute Gasteiger partial charge is 0.341 e. The van der Waals surface area contributed by atoms with Crippen molar-refractivity contribution in [2.24, 2.45) is 0 Å². The van der Waals surface area contributed by atoms with E-state index < -0.39 is 11.9 Å². The highest BCUT2D eigenvalue weighted by molar-refractivity contribution is 7.18. The zero-order valence-corrected chi connectivity index (χ0v) is 17.9. The number of carbonyl (C=O) groups is 3.